The monoisotopic (exact) mass is 464 g/mol. The van der Waals surface area contributed by atoms with Crippen molar-refractivity contribution in [1.82, 2.24) is 44.7 Å². The predicted octanol–water partition coefficient (Wildman–Crippen LogP) is 3.80. The van der Waals surface area contributed by atoms with Crippen LogP contribution in [0.4, 0.5) is 5.69 Å². The number of hydrogen-bond donors (Lipinski definition) is 3. The van der Waals surface area contributed by atoms with E-state index in [4.69, 9.17) is 4.98 Å². The summed E-state index contributed by atoms with van der Waals surface area (Å²) < 4.78 is 1.92. The Bertz CT molecular complexity index is 1710. The lowest BCUT2D eigenvalue weighted by atomic mass is 10.1. The second kappa shape index (κ2) is 8.13. The lowest BCUT2D eigenvalue weighted by molar-refractivity contribution is -0.115. The zero-order valence-corrected chi connectivity index (χ0v) is 18.9. The van der Waals surface area contributed by atoms with Crippen LogP contribution in [-0.4, -0.2) is 50.6 Å². The molecule has 0 unspecified atom stereocenters. The highest BCUT2D eigenvalue weighted by atomic mass is 16.1. The van der Waals surface area contributed by atoms with Crippen molar-refractivity contribution in [3.8, 4) is 28.3 Å². The molecule has 172 valence electrons. The molecule has 0 aliphatic carbocycles. The molecule has 6 aromatic rings. The molecule has 0 aliphatic heterocycles. The van der Waals surface area contributed by atoms with Crippen LogP contribution in [0.3, 0.4) is 0 Å². The maximum absolute atomic E-state index is 11.8. The van der Waals surface area contributed by atoms with Crippen LogP contribution < -0.4 is 5.32 Å². The summed E-state index contributed by atoms with van der Waals surface area (Å²) >= 11 is 0. The van der Waals surface area contributed by atoms with E-state index in [9.17, 15) is 4.79 Å². The molecule has 0 aromatic carbocycles. The third-order valence-electron chi connectivity index (χ3n) is 5.67. The van der Waals surface area contributed by atoms with E-state index in [0.29, 0.717) is 40.4 Å². The number of aromatic amines is 2. The van der Waals surface area contributed by atoms with Gasteiger partial charge in [0, 0.05) is 42.3 Å². The van der Waals surface area contributed by atoms with Crippen molar-refractivity contribution in [3.63, 3.8) is 0 Å². The Morgan fingerprint density at radius 3 is 2.80 bits per heavy atom. The van der Waals surface area contributed by atoms with Crippen LogP contribution in [0, 0.1) is 6.92 Å². The fourth-order valence-electron chi connectivity index (χ4n) is 3.93. The van der Waals surface area contributed by atoms with Crippen LogP contribution in [0.15, 0.2) is 55.5 Å². The van der Waals surface area contributed by atoms with E-state index in [1.807, 2.05) is 35.9 Å². The summed E-state index contributed by atoms with van der Waals surface area (Å²) in [5.41, 5.74) is 6.69. The number of aryl methyl sites for hydroxylation is 1. The summed E-state index contributed by atoms with van der Waals surface area (Å²) in [6, 6.07) is 5.74. The smallest absolute Gasteiger partial charge is 0.224 e. The number of amides is 1. The quantitative estimate of drug-likeness (QED) is 0.352. The Labute approximate surface area is 198 Å². The molecule has 35 heavy (non-hydrogen) atoms. The van der Waals surface area contributed by atoms with Gasteiger partial charge in [-0.15, -0.1) is 0 Å². The molecule has 11 heteroatoms. The number of aromatic nitrogens is 9. The topological polar surface area (TPSA) is 143 Å². The van der Waals surface area contributed by atoms with Crippen molar-refractivity contribution in [2.75, 3.05) is 5.32 Å². The average molecular weight is 464 g/mol. The molecule has 1 amide bonds. The number of nitrogens with zero attached hydrogens (tertiary/aromatic N) is 7. The molecule has 11 nitrogen and oxygen atoms in total. The van der Waals surface area contributed by atoms with E-state index < -0.39 is 0 Å². The highest BCUT2D eigenvalue weighted by Gasteiger charge is 2.17. The molecule has 0 radical (unpaired) electrons. The van der Waals surface area contributed by atoms with Gasteiger partial charge in [-0.3, -0.25) is 14.9 Å². The Kier molecular flexibility index (Phi) is 4.80. The van der Waals surface area contributed by atoms with E-state index in [-0.39, 0.29) is 5.91 Å². The Morgan fingerprint density at radius 2 is 1.97 bits per heavy atom. The molecule has 0 aliphatic rings. The summed E-state index contributed by atoms with van der Waals surface area (Å²) in [7, 11) is 0. The number of nitrogens with one attached hydrogen (secondary N) is 3. The number of hydrogen-bond acceptors (Lipinski definition) is 7. The van der Waals surface area contributed by atoms with Crippen molar-refractivity contribution < 1.29 is 4.79 Å². The Morgan fingerprint density at radius 1 is 1.09 bits per heavy atom. The normalized spacial score (nSPS) is 11.4. The summed E-state index contributed by atoms with van der Waals surface area (Å²) in [5, 5.41) is 11.1. The van der Waals surface area contributed by atoms with Crippen LogP contribution in [0.2, 0.25) is 0 Å². The van der Waals surface area contributed by atoms with Crippen molar-refractivity contribution in [3.05, 3.63) is 61.2 Å². The molecule has 6 rings (SSSR count). The number of H-pyrrole nitrogens is 2. The van der Waals surface area contributed by atoms with E-state index in [1.54, 1.807) is 38.0 Å². The van der Waals surface area contributed by atoms with Gasteiger partial charge in [0.2, 0.25) is 5.91 Å². The van der Waals surface area contributed by atoms with Crippen molar-refractivity contribution >= 4 is 33.8 Å². The molecule has 6 aromatic heterocycles. The first kappa shape index (κ1) is 20.7. The lowest BCUT2D eigenvalue weighted by Crippen LogP contribution is -2.09. The fourth-order valence-corrected chi connectivity index (χ4v) is 3.93. The standard InChI is InChI=1S/C24H20N10O/c1-3-19(35)29-16-6-14(8-25-10-16)15-7-17-20(32-33-22(17)27-9-15)24-30-21-18(4-5-26-23(21)31-24)34-11-13(2)28-12-34/h4-12H,3H2,1-2H3,(H,29,35)(H,26,30,31)(H,27,32,33). The van der Waals surface area contributed by atoms with Crippen LogP contribution in [-0.2, 0) is 4.79 Å². The summed E-state index contributed by atoms with van der Waals surface area (Å²) in [5.74, 6) is 0.502. The molecule has 0 saturated heterocycles. The highest BCUT2D eigenvalue weighted by molar-refractivity contribution is 5.95. The Hall–Kier alpha value is -4.93. The van der Waals surface area contributed by atoms with Crippen molar-refractivity contribution in [2.24, 2.45) is 0 Å². The Balaban J connectivity index is 1.43. The number of pyridine rings is 3. The average Bonchev–Trinajstić information content (AvgIpc) is 3.61. The molecule has 3 N–H and O–H groups in total. The minimum absolute atomic E-state index is 0.0710. The van der Waals surface area contributed by atoms with Crippen LogP contribution >= 0.6 is 0 Å². The van der Waals surface area contributed by atoms with Gasteiger partial charge in [-0.05, 0) is 25.1 Å². The molecule has 0 atom stereocenters. The maximum atomic E-state index is 11.8. The van der Waals surface area contributed by atoms with E-state index in [2.05, 4.69) is 40.4 Å². The third kappa shape index (κ3) is 3.68. The number of anilines is 1. The number of carbonyl (C=O) groups is 1. The van der Waals surface area contributed by atoms with Crippen molar-refractivity contribution in [2.45, 2.75) is 20.3 Å². The minimum Gasteiger partial charge on any atom is -0.325 e. The molecule has 0 saturated carbocycles. The third-order valence-corrected chi connectivity index (χ3v) is 5.67. The van der Waals surface area contributed by atoms with Gasteiger partial charge in [0.05, 0.1) is 35.0 Å². The van der Waals surface area contributed by atoms with Crippen LogP contribution in [0.1, 0.15) is 19.0 Å². The van der Waals surface area contributed by atoms with Gasteiger partial charge in [-0.25, -0.2) is 19.9 Å². The zero-order valence-electron chi connectivity index (χ0n) is 18.9. The number of imidazole rings is 2. The van der Waals surface area contributed by atoms with E-state index in [1.165, 1.54) is 0 Å². The molecular weight excluding hydrogens is 444 g/mol. The van der Waals surface area contributed by atoms with Gasteiger partial charge in [-0.1, -0.05) is 6.92 Å². The summed E-state index contributed by atoms with van der Waals surface area (Å²) in [6.45, 7) is 3.74. The number of fused-ring (bicyclic) bond motifs is 2. The SMILES string of the molecule is CCC(=O)Nc1cncc(-c2cnc3[nH]nc(-c4nc5c(-n6cnc(C)c6)ccnc5[nH]4)c3c2)c1. The number of rotatable bonds is 5. The predicted molar refractivity (Wildman–Crippen MR) is 131 cm³/mol. The minimum atomic E-state index is -0.0710. The molecule has 6 heterocycles. The highest BCUT2D eigenvalue weighted by Crippen LogP contribution is 2.30. The molecule has 0 bridgehead atoms. The van der Waals surface area contributed by atoms with Crippen LogP contribution in [0.25, 0.3) is 50.5 Å². The first-order chi connectivity index (χ1) is 17.1. The summed E-state index contributed by atoms with van der Waals surface area (Å²) in [6.07, 6.45) is 10.9. The molecular formula is C24H20N10O. The first-order valence-corrected chi connectivity index (χ1v) is 11.0. The van der Waals surface area contributed by atoms with Crippen molar-refractivity contribution in [1.29, 1.82) is 0 Å². The van der Waals surface area contributed by atoms with Gasteiger partial charge < -0.3 is 14.9 Å². The van der Waals surface area contributed by atoms with Crippen LogP contribution in [0.5, 0.6) is 0 Å². The van der Waals surface area contributed by atoms with E-state index >= 15 is 0 Å². The van der Waals surface area contributed by atoms with E-state index in [0.717, 1.165) is 27.9 Å². The second-order valence-electron chi connectivity index (χ2n) is 8.09. The second-order valence-corrected chi connectivity index (χ2v) is 8.09. The van der Waals surface area contributed by atoms with Gasteiger partial charge in [0.15, 0.2) is 17.1 Å². The van der Waals surface area contributed by atoms with Gasteiger partial charge in [0.1, 0.15) is 11.2 Å². The van der Waals surface area contributed by atoms with Gasteiger partial charge in [-0.2, -0.15) is 5.10 Å². The zero-order chi connectivity index (χ0) is 23.9. The molecule has 0 spiro atoms. The lowest BCUT2D eigenvalue weighted by Gasteiger charge is -2.06. The van der Waals surface area contributed by atoms with Gasteiger partial charge >= 0.3 is 0 Å². The molecule has 0 fully saturated rings. The summed E-state index contributed by atoms with van der Waals surface area (Å²) in [4.78, 5) is 37.4. The van der Waals surface area contributed by atoms with Gasteiger partial charge in [0.25, 0.3) is 0 Å². The fraction of sp³-hybridized carbons (Fsp3) is 0.125. The maximum Gasteiger partial charge on any atom is 0.224 e. The first-order valence-electron chi connectivity index (χ1n) is 11.0. The largest absolute Gasteiger partial charge is 0.325 e. The number of carbonyl (C=O) groups excluding carboxylic acids is 1.